The maximum atomic E-state index is 14.3. The van der Waals surface area contributed by atoms with E-state index in [1.807, 2.05) is 23.9 Å². The van der Waals surface area contributed by atoms with Crippen LogP contribution in [0.3, 0.4) is 0 Å². The van der Waals surface area contributed by atoms with Crippen LogP contribution >= 0.6 is 11.8 Å². The minimum atomic E-state index is -0.112. The van der Waals surface area contributed by atoms with Crippen molar-refractivity contribution in [1.29, 1.82) is 0 Å². The highest BCUT2D eigenvalue weighted by Gasteiger charge is 2.21. The standard InChI is InChI=1S/C15H23FN2S/c1-3-13(17)8-12-4-5-15(14(16)9-12)18-6-7-19-10-11(18)2/h4-5,9,11,13H,3,6-8,10,17H2,1-2H3. The Kier molecular flexibility index (Phi) is 5.11. The van der Waals surface area contributed by atoms with Gasteiger partial charge in [0, 0.05) is 30.1 Å². The van der Waals surface area contributed by atoms with Gasteiger partial charge < -0.3 is 10.6 Å². The summed E-state index contributed by atoms with van der Waals surface area (Å²) in [6.45, 7) is 5.14. The third-order valence-corrected chi connectivity index (χ3v) is 4.90. The summed E-state index contributed by atoms with van der Waals surface area (Å²) in [6.07, 6.45) is 1.67. The zero-order valence-electron chi connectivity index (χ0n) is 11.7. The summed E-state index contributed by atoms with van der Waals surface area (Å²) in [7, 11) is 0. The van der Waals surface area contributed by atoms with E-state index in [9.17, 15) is 4.39 Å². The van der Waals surface area contributed by atoms with Crippen molar-refractivity contribution in [2.45, 2.75) is 38.8 Å². The molecular weight excluding hydrogens is 259 g/mol. The Balaban J connectivity index is 2.14. The molecule has 1 aliphatic heterocycles. The lowest BCUT2D eigenvalue weighted by Crippen LogP contribution is -2.40. The van der Waals surface area contributed by atoms with E-state index >= 15 is 0 Å². The molecule has 1 aliphatic rings. The average molecular weight is 282 g/mol. The first-order valence-electron chi connectivity index (χ1n) is 7.00. The van der Waals surface area contributed by atoms with E-state index in [0.29, 0.717) is 6.04 Å². The number of hydrogen-bond acceptors (Lipinski definition) is 3. The highest BCUT2D eigenvalue weighted by atomic mass is 32.2. The fraction of sp³-hybridized carbons (Fsp3) is 0.600. The van der Waals surface area contributed by atoms with Gasteiger partial charge in [0.05, 0.1) is 5.69 Å². The zero-order valence-corrected chi connectivity index (χ0v) is 12.5. The molecule has 1 heterocycles. The van der Waals surface area contributed by atoms with Crippen LogP contribution in [0.1, 0.15) is 25.8 Å². The van der Waals surface area contributed by atoms with Gasteiger partial charge in [-0.1, -0.05) is 13.0 Å². The van der Waals surface area contributed by atoms with Crippen LogP contribution in [0.5, 0.6) is 0 Å². The van der Waals surface area contributed by atoms with Gasteiger partial charge in [0.25, 0.3) is 0 Å². The molecule has 1 aromatic carbocycles. The van der Waals surface area contributed by atoms with Crippen LogP contribution in [0.25, 0.3) is 0 Å². The molecule has 0 radical (unpaired) electrons. The molecule has 0 aliphatic carbocycles. The lowest BCUT2D eigenvalue weighted by molar-refractivity contribution is 0.596. The second-order valence-corrected chi connectivity index (χ2v) is 6.43. The molecule has 0 spiro atoms. The summed E-state index contributed by atoms with van der Waals surface area (Å²) in [6, 6.07) is 6.11. The molecule has 0 bridgehead atoms. The molecule has 1 aromatic rings. The fourth-order valence-corrected chi connectivity index (χ4v) is 3.46. The van der Waals surface area contributed by atoms with Gasteiger partial charge in [-0.2, -0.15) is 11.8 Å². The van der Waals surface area contributed by atoms with Crippen LogP contribution in [0.15, 0.2) is 18.2 Å². The predicted molar refractivity (Wildman–Crippen MR) is 82.5 cm³/mol. The van der Waals surface area contributed by atoms with E-state index in [2.05, 4.69) is 18.7 Å². The van der Waals surface area contributed by atoms with Gasteiger partial charge in [-0.25, -0.2) is 4.39 Å². The van der Waals surface area contributed by atoms with Crippen molar-refractivity contribution in [2.75, 3.05) is 23.0 Å². The van der Waals surface area contributed by atoms with E-state index < -0.39 is 0 Å². The van der Waals surface area contributed by atoms with Crippen LogP contribution in [0, 0.1) is 5.82 Å². The third-order valence-electron chi connectivity index (χ3n) is 3.71. The number of hydrogen-bond donors (Lipinski definition) is 1. The molecule has 0 saturated carbocycles. The summed E-state index contributed by atoms with van der Waals surface area (Å²) >= 11 is 1.94. The minimum absolute atomic E-state index is 0.112. The third kappa shape index (κ3) is 3.63. The monoisotopic (exact) mass is 282 g/mol. The van der Waals surface area contributed by atoms with Gasteiger partial charge in [-0.3, -0.25) is 0 Å². The van der Waals surface area contributed by atoms with Gasteiger partial charge >= 0.3 is 0 Å². The molecule has 0 aromatic heterocycles. The van der Waals surface area contributed by atoms with Gasteiger partial charge in [0.15, 0.2) is 0 Å². The molecule has 2 rings (SSSR count). The Morgan fingerprint density at radius 3 is 2.95 bits per heavy atom. The van der Waals surface area contributed by atoms with E-state index in [0.717, 1.165) is 42.1 Å². The largest absolute Gasteiger partial charge is 0.365 e. The number of nitrogens with two attached hydrogens (primary N) is 1. The number of nitrogens with zero attached hydrogens (tertiary/aromatic N) is 1. The van der Waals surface area contributed by atoms with E-state index in [4.69, 9.17) is 5.73 Å². The zero-order chi connectivity index (χ0) is 13.8. The first kappa shape index (κ1) is 14.7. The van der Waals surface area contributed by atoms with Gasteiger partial charge in [-0.05, 0) is 37.5 Å². The second-order valence-electron chi connectivity index (χ2n) is 5.28. The van der Waals surface area contributed by atoms with Crippen molar-refractivity contribution in [1.82, 2.24) is 0 Å². The number of rotatable bonds is 4. The van der Waals surface area contributed by atoms with Crippen LogP contribution in [0.2, 0.25) is 0 Å². The molecule has 2 N–H and O–H groups in total. The SMILES string of the molecule is CCC(N)Cc1ccc(N2CCSCC2C)c(F)c1. The molecule has 106 valence electrons. The molecule has 1 fully saturated rings. The minimum Gasteiger partial charge on any atom is -0.365 e. The lowest BCUT2D eigenvalue weighted by Gasteiger charge is -2.35. The molecule has 1 saturated heterocycles. The predicted octanol–water partition coefficient (Wildman–Crippen LogP) is 3.05. The fourth-order valence-electron chi connectivity index (χ4n) is 2.44. The molecule has 2 atom stereocenters. The Hall–Kier alpha value is -0.740. The van der Waals surface area contributed by atoms with Gasteiger partial charge in [0.2, 0.25) is 0 Å². The first-order valence-corrected chi connectivity index (χ1v) is 8.15. The second kappa shape index (κ2) is 6.62. The van der Waals surface area contributed by atoms with Gasteiger partial charge in [0.1, 0.15) is 5.82 Å². The summed E-state index contributed by atoms with van der Waals surface area (Å²) in [5.41, 5.74) is 7.66. The molecule has 4 heteroatoms. The summed E-state index contributed by atoms with van der Waals surface area (Å²) in [4.78, 5) is 2.18. The Morgan fingerprint density at radius 2 is 2.32 bits per heavy atom. The maximum absolute atomic E-state index is 14.3. The van der Waals surface area contributed by atoms with Crippen molar-refractivity contribution in [3.8, 4) is 0 Å². The maximum Gasteiger partial charge on any atom is 0.146 e. The van der Waals surface area contributed by atoms with Crippen LogP contribution < -0.4 is 10.6 Å². The van der Waals surface area contributed by atoms with E-state index in [1.165, 1.54) is 0 Å². The highest BCUT2D eigenvalue weighted by Crippen LogP contribution is 2.27. The van der Waals surface area contributed by atoms with Crippen molar-refractivity contribution >= 4 is 17.4 Å². The van der Waals surface area contributed by atoms with Crippen molar-refractivity contribution in [3.63, 3.8) is 0 Å². The van der Waals surface area contributed by atoms with E-state index in [-0.39, 0.29) is 11.9 Å². The lowest BCUT2D eigenvalue weighted by atomic mass is 10.0. The molecule has 2 unspecified atom stereocenters. The topological polar surface area (TPSA) is 29.3 Å². The van der Waals surface area contributed by atoms with Crippen molar-refractivity contribution in [3.05, 3.63) is 29.6 Å². The van der Waals surface area contributed by atoms with Crippen molar-refractivity contribution < 1.29 is 4.39 Å². The quantitative estimate of drug-likeness (QED) is 0.920. The number of benzene rings is 1. The number of halogens is 1. The first-order chi connectivity index (χ1) is 9.11. The van der Waals surface area contributed by atoms with Crippen LogP contribution in [-0.2, 0) is 6.42 Å². The molecule has 0 amide bonds. The van der Waals surface area contributed by atoms with Crippen LogP contribution in [-0.4, -0.2) is 30.1 Å². The van der Waals surface area contributed by atoms with Gasteiger partial charge in [-0.15, -0.1) is 0 Å². The summed E-state index contributed by atoms with van der Waals surface area (Å²) in [5, 5.41) is 0. The Labute approximate surface area is 119 Å². The van der Waals surface area contributed by atoms with Crippen molar-refractivity contribution in [2.24, 2.45) is 5.73 Å². The van der Waals surface area contributed by atoms with Crippen LogP contribution in [0.4, 0.5) is 10.1 Å². The molecule has 2 nitrogen and oxygen atoms in total. The number of anilines is 1. The normalized spacial score (nSPS) is 21.5. The summed E-state index contributed by atoms with van der Waals surface area (Å²) < 4.78 is 14.3. The van der Waals surface area contributed by atoms with E-state index in [1.54, 1.807) is 6.07 Å². The smallest absolute Gasteiger partial charge is 0.146 e. The highest BCUT2D eigenvalue weighted by molar-refractivity contribution is 7.99. The Bertz CT molecular complexity index is 425. The summed E-state index contributed by atoms with van der Waals surface area (Å²) in [5.74, 6) is 2.04. The average Bonchev–Trinajstić information content (AvgIpc) is 2.40. The number of thioether (sulfide) groups is 1. The molecular formula is C15H23FN2S. The molecule has 19 heavy (non-hydrogen) atoms. The Morgan fingerprint density at radius 1 is 1.53 bits per heavy atom.